The molecule has 0 heterocycles. The zero-order valence-electron chi connectivity index (χ0n) is 13.4. The summed E-state index contributed by atoms with van der Waals surface area (Å²) in [5.74, 6) is -0.573. The Kier molecular flexibility index (Phi) is 5.40. The molecular formula is C18H19ClN2O2. The van der Waals surface area contributed by atoms with Gasteiger partial charge in [-0.2, -0.15) is 0 Å². The molecule has 2 N–H and O–H groups in total. The van der Waals surface area contributed by atoms with E-state index in [-0.39, 0.29) is 18.4 Å². The van der Waals surface area contributed by atoms with E-state index < -0.39 is 0 Å². The molecule has 2 amide bonds. The minimum Gasteiger partial charge on any atom is -0.343 e. The Morgan fingerprint density at radius 1 is 1.00 bits per heavy atom. The molecule has 0 aromatic heterocycles. The van der Waals surface area contributed by atoms with Crippen molar-refractivity contribution >= 4 is 29.1 Å². The van der Waals surface area contributed by atoms with Gasteiger partial charge in [0.25, 0.3) is 5.91 Å². The molecular weight excluding hydrogens is 312 g/mol. The van der Waals surface area contributed by atoms with Crippen LogP contribution in [0.15, 0.2) is 36.4 Å². The number of nitrogens with one attached hydrogen (secondary N) is 2. The second-order valence-corrected chi connectivity index (χ2v) is 5.95. The third kappa shape index (κ3) is 4.57. The van der Waals surface area contributed by atoms with Crippen molar-refractivity contribution in [3.63, 3.8) is 0 Å². The summed E-state index contributed by atoms with van der Waals surface area (Å²) in [6.45, 7) is 5.82. The van der Waals surface area contributed by atoms with Crippen molar-refractivity contribution in [1.82, 2.24) is 5.32 Å². The quantitative estimate of drug-likeness (QED) is 0.899. The van der Waals surface area contributed by atoms with E-state index in [0.29, 0.717) is 10.6 Å². The number of amides is 2. The summed E-state index contributed by atoms with van der Waals surface area (Å²) >= 11 is 5.78. The monoisotopic (exact) mass is 330 g/mol. The van der Waals surface area contributed by atoms with Gasteiger partial charge >= 0.3 is 0 Å². The van der Waals surface area contributed by atoms with Crippen LogP contribution in [-0.4, -0.2) is 18.4 Å². The summed E-state index contributed by atoms with van der Waals surface area (Å²) in [7, 11) is 0. The van der Waals surface area contributed by atoms with Gasteiger partial charge in [0.1, 0.15) is 0 Å². The van der Waals surface area contributed by atoms with Gasteiger partial charge in [0.2, 0.25) is 5.91 Å². The summed E-state index contributed by atoms with van der Waals surface area (Å²) in [5.41, 5.74) is 4.40. The van der Waals surface area contributed by atoms with Crippen LogP contribution in [0.3, 0.4) is 0 Å². The molecule has 120 valence electrons. The fraction of sp³-hybridized carbons (Fsp3) is 0.222. The number of carbonyl (C=O) groups is 2. The van der Waals surface area contributed by atoms with Crippen molar-refractivity contribution in [3.05, 3.63) is 63.7 Å². The number of aryl methyl sites for hydroxylation is 3. The normalized spacial score (nSPS) is 10.3. The predicted molar refractivity (Wildman–Crippen MR) is 93.1 cm³/mol. The first kappa shape index (κ1) is 17.0. The molecule has 0 saturated carbocycles. The maximum absolute atomic E-state index is 12.0. The Hall–Kier alpha value is -2.33. The van der Waals surface area contributed by atoms with Crippen LogP contribution in [0.4, 0.5) is 5.69 Å². The van der Waals surface area contributed by atoms with Crippen LogP contribution >= 0.6 is 11.6 Å². The molecule has 0 fully saturated rings. The van der Waals surface area contributed by atoms with Crippen LogP contribution in [0, 0.1) is 20.8 Å². The van der Waals surface area contributed by atoms with E-state index in [9.17, 15) is 9.59 Å². The SMILES string of the molecule is Cc1cc(C)c(NC(=O)CNC(=O)c2ccc(Cl)cc2)c(C)c1. The second-order valence-electron chi connectivity index (χ2n) is 5.51. The summed E-state index contributed by atoms with van der Waals surface area (Å²) in [6, 6.07) is 10.5. The Bertz CT molecular complexity index is 716. The van der Waals surface area contributed by atoms with E-state index in [1.54, 1.807) is 24.3 Å². The minimum absolute atomic E-state index is 0.0891. The lowest BCUT2D eigenvalue weighted by atomic mass is 10.1. The molecule has 0 saturated heterocycles. The van der Waals surface area contributed by atoms with Crippen molar-refractivity contribution in [2.24, 2.45) is 0 Å². The fourth-order valence-corrected chi connectivity index (χ4v) is 2.55. The fourth-order valence-electron chi connectivity index (χ4n) is 2.42. The second kappa shape index (κ2) is 7.29. The number of rotatable bonds is 4. The van der Waals surface area contributed by atoms with Gasteiger partial charge in [-0.25, -0.2) is 0 Å². The Labute approximate surface area is 140 Å². The molecule has 5 heteroatoms. The minimum atomic E-state index is -0.311. The first-order valence-corrected chi connectivity index (χ1v) is 7.66. The number of carbonyl (C=O) groups excluding carboxylic acids is 2. The van der Waals surface area contributed by atoms with Crippen LogP contribution in [0.2, 0.25) is 5.02 Å². The molecule has 0 aliphatic heterocycles. The molecule has 23 heavy (non-hydrogen) atoms. The number of benzene rings is 2. The number of hydrogen-bond acceptors (Lipinski definition) is 2. The van der Waals surface area contributed by atoms with E-state index in [4.69, 9.17) is 11.6 Å². The van der Waals surface area contributed by atoms with E-state index in [1.165, 1.54) is 0 Å². The van der Waals surface area contributed by atoms with Crippen LogP contribution < -0.4 is 10.6 Å². The van der Waals surface area contributed by atoms with Crippen molar-refractivity contribution in [1.29, 1.82) is 0 Å². The van der Waals surface area contributed by atoms with Gasteiger partial charge in [0.15, 0.2) is 0 Å². The highest BCUT2D eigenvalue weighted by Crippen LogP contribution is 2.21. The summed E-state index contributed by atoms with van der Waals surface area (Å²) in [6.07, 6.45) is 0. The molecule has 0 spiro atoms. The van der Waals surface area contributed by atoms with Gasteiger partial charge in [-0.05, 0) is 56.2 Å². The average molecular weight is 331 g/mol. The lowest BCUT2D eigenvalue weighted by Gasteiger charge is -2.13. The van der Waals surface area contributed by atoms with Crippen LogP contribution in [0.1, 0.15) is 27.0 Å². The molecule has 2 rings (SSSR count). The van der Waals surface area contributed by atoms with E-state index in [2.05, 4.69) is 10.6 Å². The van der Waals surface area contributed by atoms with Crippen molar-refractivity contribution in [2.45, 2.75) is 20.8 Å². The first-order valence-electron chi connectivity index (χ1n) is 7.28. The highest BCUT2D eigenvalue weighted by atomic mass is 35.5. The van der Waals surface area contributed by atoms with Gasteiger partial charge in [-0.1, -0.05) is 29.3 Å². The standard InChI is InChI=1S/C18H19ClN2O2/c1-11-8-12(2)17(13(3)9-11)21-16(22)10-20-18(23)14-4-6-15(19)7-5-14/h4-9H,10H2,1-3H3,(H,20,23)(H,21,22). The summed E-state index contributed by atoms with van der Waals surface area (Å²) < 4.78 is 0. The predicted octanol–water partition coefficient (Wildman–Crippen LogP) is 3.63. The lowest BCUT2D eigenvalue weighted by molar-refractivity contribution is -0.115. The van der Waals surface area contributed by atoms with Crippen LogP contribution in [0.5, 0.6) is 0 Å². The van der Waals surface area contributed by atoms with Crippen LogP contribution in [0.25, 0.3) is 0 Å². The van der Waals surface area contributed by atoms with E-state index >= 15 is 0 Å². The zero-order chi connectivity index (χ0) is 17.0. The smallest absolute Gasteiger partial charge is 0.251 e. The molecule has 0 atom stereocenters. The molecule has 0 aliphatic carbocycles. The number of halogens is 1. The van der Waals surface area contributed by atoms with Gasteiger partial charge in [0.05, 0.1) is 6.54 Å². The first-order chi connectivity index (χ1) is 10.9. The highest BCUT2D eigenvalue weighted by Gasteiger charge is 2.11. The Morgan fingerprint density at radius 3 is 2.13 bits per heavy atom. The molecule has 4 nitrogen and oxygen atoms in total. The van der Waals surface area contributed by atoms with Gasteiger partial charge in [0, 0.05) is 16.3 Å². The maximum atomic E-state index is 12.0. The number of anilines is 1. The summed E-state index contributed by atoms with van der Waals surface area (Å²) in [5, 5.41) is 6.00. The van der Waals surface area contributed by atoms with E-state index in [1.807, 2.05) is 32.9 Å². The van der Waals surface area contributed by atoms with Crippen molar-refractivity contribution in [2.75, 3.05) is 11.9 Å². The number of hydrogen-bond donors (Lipinski definition) is 2. The largest absolute Gasteiger partial charge is 0.343 e. The average Bonchev–Trinajstić information content (AvgIpc) is 2.49. The molecule has 0 aliphatic rings. The van der Waals surface area contributed by atoms with Gasteiger partial charge in [-0.15, -0.1) is 0 Å². The third-order valence-electron chi connectivity index (χ3n) is 3.46. The van der Waals surface area contributed by atoms with E-state index in [0.717, 1.165) is 22.4 Å². The molecule has 0 radical (unpaired) electrons. The Morgan fingerprint density at radius 2 is 1.57 bits per heavy atom. The highest BCUT2D eigenvalue weighted by molar-refractivity contribution is 6.30. The topological polar surface area (TPSA) is 58.2 Å². The van der Waals surface area contributed by atoms with Gasteiger partial charge < -0.3 is 10.6 Å². The Balaban J connectivity index is 1.95. The molecule has 2 aromatic carbocycles. The van der Waals surface area contributed by atoms with Crippen molar-refractivity contribution < 1.29 is 9.59 Å². The summed E-state index contributed by atoms with van der Waals surface area (Å²) in [4.78, 5) is 24.0. The third-order valence-corrected chi connectivity index (χ3v) is 3.71. The van der Waals surface area contributed by atoms with Gasteiger partial charge in [-0.3, -0.25) is 9.59 Å². The maximum Gasteiger partial charge on any atom is 0.251 e. The molecule has 0 bridgehead atoms. The molecule has 2 aromatic rings. The lowest BCUT2D eigenvalue weighted by Crippen LogP contribution is -2.33. The van der Waals surface area contributed by atoms with Crippen LogP contribution in [-0.2, 0) is 4.79 Å². The van der Waals surface area contributed by atoms with Crippen molar-refractivity contribution in [3.8, 4) is 0 Å². The molecule has 0 unspecified atom stereocenters. The zero-order valence-corrected chi connectivity index (χ0v) is 14.1.